The number of nitrogen functional groups attached to an aromatic ring is 1. The molecule has 0 atom stereocenters. The van der Waals surface area contributed by atoms with Crippen molar-refractivity contribution in [3.63, 3.8) is 0 Å². The second-order valence-electron chi connectivity index (χ2n) is 7.20. The predicted molar refractivity (Wildman–Crippen MR) is 128 cm³/mol. The summed E-state index contributed by atoms with van der Waals surface area (Å²) in [4.78, 5) is 11.2. The van der Waals surface area contributed by atoms with Gasteiger partial charge >= 0.3 is 0 Å². The number of piperazine rings is 1. The molecule has 12 heteroatoms. The minimum atomic E-state index is -3.60. The van der Waals surface area contributed by atoms with Crippen LogP contribution in [0.15, 0.2) is 41.3 Å². The maximum atomic E-state index is 13.0. The van der Waals surface area contributed by atoms with Gasteiger partial charge in [0.1, 0.15) is 11.6 Å². The van der Waals surface area contributed by atoms with Gasteiger partial charge in [-0.25, -0.2) is 13.4 Å². The van der Waals surface area contributed by atoms with Gasteiger partial charge in [0.15, 0.2) is 11.5 Å². The van der Waals surface area contributed by atoms with Gasteiger partial charge in [-0.2, -0.15) is 9.29 Å². The Balaban J connectivity index is 0.00000306. The van der Waals surface area contributed by atoms with Gasteiger partial charge in [-0.05, 0) is 30.3 Å². The molecule has 1 aliphatic rings. The number of fused-ring (bicyclic) bond motifs is 1. The third-order valence-corrected chi connectivity index (χ3v) is 7.35. The van der Waals surface area contributed by atoms with Gasteiger partial charge in [0.05, 0.1) is 31.7 Å². The fraction of sp³-hybridized carbons (Fsp3) is 0.333. The van der Waals surface area contributed by atoms with Gasteiger partial charge in [0.2, 0.25) is 16.0 Å². The smallest absolute Gasteiger partial charge is 0.243 e. The molecule has 0 amide bonds. The molecular formula is C21H26ClN5O5S. The number of hydrogen-bond acceptors (Lipinski definition) is 9. The summed E-state index contributed by atoms with van der Waals surface area (Å²) in [5.41, 5.74) is 6.81. The van der Waals surface area contributed by atoms with Crippen molar-refractivity contribution in [2.75, 3.05) is 58.1 Å². The predicted octanol–water partition coefficient (Wildman–Crippen LogP) is 2.17. The zero-order valence-corrected chi connectivity index (χ0v) is 20.1. The van der Waals surface area contributed by atoms with E-state index in [-0.39, 0.29) is 17.3 Å². The molecule has 0 bridgehead atoms. The molecule has 10 nitrogen and oxygen atoms in total. The Kier molecular flexibility index (Phi) is 7.35. The standard InChI is InChI=1S/C21H25N5O5S.ClH/c1-29-14-4-6-15(7-5-14)32(27,28)26-10-8-25(9-11-26)21-23-17-13-19(31-3)18(30-2)12-16(17)20(22)24-21;/h4-7,12-13H,8-11H2,1-3H3,(H2,22,23,24);1H. The number of sulfonamides is 1. The van der Waals surface area contributed by atoms with Gasteiger partial charge in [-0.3, -0.25) is 0 Å². The van der Waals surface area contributed by atoms with Crippen molar-refractivity contribution >= 4 is 45.1 Å². The van der Waals surface area contributed by atoms with Crippen molar-refractivity contribution in [1.82, 2.24) is 14.3 Å². The summed E-state index contributed by atoms with van der Waals surface area (Å²) in [6.07, 6.45) is 0. The number of anilines is 2. The molecule has 1 aliphatic heterocycles. The van der Waals surface area contributed by atoms with Crippen molar-refractivity contribution < 1.29 is 22.6 Å². The summed E-state index contributed by atoms with van der Waals surface area (Å²) in [7, 11) is 1.04. The van der Waals surface area contributed by atoms with Crippen LogP contribution in [0.5, 0.6) is 17.2 Å². The van der Waals surface area contributed by atoms with Crippen LogP contribution < -0.4 is 24.8 Å². The summed E-state index contributed by atoms with van der Waals surface area (Å²) in [6, 6.07) is 9.87. The van der Waals surface area contributed by atoms with Crippen LogP contribution >= 0.6 is 12.4 Å². The molecule has 0 saturated carbocycles. The van der Waals surface area contributed by atoms with Crippen LogP contribution in [0.2, 0.25) is 0 Å². The normalized spacial score (nSPS) is 14.6. The van der Waals surface area contributed by atoms with E-state index in [0.717, 1.165) is 0 Å². The highest BCUT2D eigenvalue weighted by Gasteiger charge is 2.29. The molecule has 2 N–H and O–H groups in total. The van der Waals surface area contributed by atoms with Crippen LogP contribution in [0.4, 0.5) is 11.8 Å². The second kappa shape index (κ2) is 9.86. The summed E-state index contributed by atoms with van der Waals surface area (Å²) in [5, 5.41) is 0.659. The van der Waals surface area contributed by atoms with Crippen LogP contribution in [0.25, 0.3) is 10.9 Å². The first-order chi connectivity index (χ1) is 15.4. The van der Waals surface area contributed by atoms with Gasteiger partial charge < -0.3 is 24.8 Å². The summed E-state index contributed by atoms with van der Waals surface area (Å²) < 4.78 is 43.2. The molecule has 33 heavy (non-hydrogen) atoms. The summed E-state index contributed by atoms with van der Waals surface area (Å²) in [6.45, 7) is 1.49. The lowest BCUT2D eigenvalue weighted by Crippen LogP contribution is -2.49. The molecule has 4 rings (SSSR count). The molecule has 1 fully saturated rings. The van der Waals surface area contributed by atoms with Crippen molar-refractivity contribution in [1.29, 1.82) is 0 Å². The Morgan fingerprint density at radius 1 is 0.879 bits per heavy atom. The first-order valence-electron chi connectivity index (χ1n) is 9.95. The van der Waals surface area contributed by atoms with Gasteiger partial charge in [-0.15, -0.1) is 12.4 Å². The average Bonchev–Trinajstić information content (AvgIpc) is 2.83. The Morgan fingerprint density at radius 3 is 2.06 bits per heavy atom. The average molecular weight is 496 g/mol. The zero-order chi connectivity index (χ0) is 22.9. The molecule has 0 spiro atoms. The van der Waals surface area contributed by atoms with E-state index in [1.165, 1.54) is 11.4 Å². The summed E-state index contributed by atoms with van der Waals surface area (Å²) >= 11 is 0. The highest BCUT2D eigenvalue weighted by Crippen LogP contribution is 2.34. The Morgan fingerprint density at radius 2 is 1.48 bits per heavy atom. The lowest BCUT2D eigenvalue weighted by molar-refractivity contribution is 0.356. The van der Waals surface area contributed by atoms with Gasteiger partial charge in [0, 0.05) is 37.6 Å². The number of nitrogens with two attached hydrogens (primary N) is 1. The summed E-state index contributed by atoms with van der Waals surface area (Å²) in [5.74, 6) is 2.46. The Labute approximate surface area is 198 Å². The van der Waals surface area contributed by atoms with Crippen molar-refractivity contribution in [2.45, 2.75) is 4.90 Å². The van der Waals surface area contributed by atoms with E-state index < -0.39 is 10.0 Å². The number of halogens is 1. The fourth-order valence-electron chi connectivity index (χ4n) is 3.63. The van der Waals surface area contributed by atoms with Crippen LogP contribution in [0.3, 0.4) is 0 Å². The lowest BCUT2D eigenvalue weighted by atomic mass is 10.2. The van der Waals surface area contributed by atoms with E-state index in [0.29, 0.717) is 66.1 Å². The number of rotatable bonds is 6. The van der Waals surface area contributed by atoms with Crippen LogP contribution in [-0.2, 0) is 10.0 Å². The minimum absolute atomic E-state index is 0. The maximum Gasteiger partial charge on any atom is 0.243 e. The van der Waals surface area contributed by atoms with Gasteiger partial charge in [0.25, 0.3) is 0 Å². The number of nitrogens with zero attached hydrogens (tertiary/aromatic N) is 4. The van der Waals surface area contributed by atoms with E-state index in [9.17, 15) is 8.42 Å². The number of aromatic nitrogens is 2. The van der Waals surface area contributed by atoms with E-state index in [4.69, 9.17) is 19.9 Å². The number of benzene rings is 2. The zero-order valence-electron chi connectivity index (χ0n) is 18.5. The highest BCUT2D eigenvalue weighted by molar-refractivity contribution is 7.89. The monoisotopic (exact) mass is 495 g/mol. The van der Waals surface area contributed by atoms with Crippen LogP contribution in [0.1, 0.15) is 0 Å². The molecule has 2 aromatic carbocycles. The quantitative estimate of drug-likeness (QED) is 0.548. The van der Waals surface area contributed by atoms with Gasteiger partial charge in [-0.1, -0.05) is 0 Å². The molecule has 0 aliphatic carbocycles. The molecule has 2 heterocycles. The number of ether oxygens (including phenoxy) is 3. The second-order valence-corrected chi connectivity index (χ2v) is 9.14. The minimum Gasteiger partial charge on any atom is -0.497 e. The molecule has 0 radical (unpaired) electrons. The van der Waals surface area contributed by atoms with E-state index >= 15 is 0 Å². The molecule has 3 aromatic rings. The van der Waals surface area contributed by atoms with Crippen molar-refractivity contribution in [2.24, 2.45) is 0 Å². The lowest BCUT2D eigenvalue weighted by Gasteiger charge is -2.34. The van der Waals surface area contributed by atoms with E-state index in [1.807, 2.05) is 4.90 Å². The molecule has 178 valence electrons. The molecule has 0 unspecified atom stereocenters. The number of hydrogen-bond donors (Lipinski definition) is 1. The molecule has 1 saturated heterocycles. The van der Waals surface area contributed by atoms with E-state index in [1.54, 1.807) is 50.6 Å². The first kappa shape index (κ1) is 24.6. The van der Waals surface area contributed by atoms with Crippen LogP contribution in [0, 0.1) is 0 Å². The molecule has 1 aromatic heterocycles. The topological polar surface area (TPSA) is 120 Å². The Hall–Kier alpha value is -3.02. The van der Waals surface area contributed by atoms with Crippen molar-refractivity contribution in [3.05, 3.63) is 36.4 Å². The highest BCUT2D eigenvalue weighted by atomic mass is 35.5. The third-order valence-electron chi connectivity index (χ3n) is 5.44. The van der Waals surface area contributed by atoms with E-state index in [2.05, 4.69) is 9.97 Å². The maximum absolute atomic E-state index is 13.0. The Bertz CT molecular complexity index is 1230. The fourth-order valence-corrected chi connectivity index (χ4v) is 5.06. The first-order valence-corrected chi connectivity index (χ1v) is 11.4. The SMILES string of the molecule is COc1ccc(S(=O)(=O)N2CCN(c3nc(N)c4cc(OC)c(OC)cc4n3)CC2)cc1.Cl. The third kappa shape index (κ3) is 4.70. The van der Waals surface area contributed by atoms with Crippen molar-refractivity contribution in [3.8, 4) is 17.2 Å². The number of methoxy groups -OCH3 is 3. The largest absolute Gasteiger partial charge is 0.497 e. The molecular weight excluding hydrogens is 470 g/mol. The van der Waals surface area contributed by atoms with Crippen LogP contribution in [-0.4, -0.2) is 70.2 Å².